The fourth-order valence-electron chi connectivity index (χ4n) is 3.98. The third-order valence-electron chi connectivity index (χ3n) is 5.92. The van der Waals surface area contributed by atoms with E-state index in [1.807, 2.05) is 0 Å². The Labute approximate surface area is 210 Å². The van der Waals surface area contributed by atoms with E-state index in [4.69, 9.17) is 0 Å². The van der Waals surface area contributed by atoms with E-state index in [0.717, 1.165) is 38.3 Å². The number of carbonyl (C=O) groups excluding carboxylic acids is 2. The van der Waals surface area contributed by atoms with Gasteiger partial charge in [0.25, 0.3) is 11.8 Å². The molecule has 1 saturated heterocycles. The highest BCUT2D eigenvalue weighted by Gasteiger charge is 2.18. The number of aryl methyl sites for hydroxylation is 1. The first-order valence-electron chi connectivity index (χ1n) is 12.1. The van der Waals surface area contributed by atoms with Crippen LogP contribution in [0.5, 0.6) is 0 Å². The number of hydrogen-bond donors (Lipinski definition) is 3. The van der Waals surface area contributed by atoms with Crippen molar-refractivity contribution < 1.29 is 14.0 Å². The van der Waals surface area contributed by atoms with Crippen LogP contribution in [0.4, 0.5) is 27.3 Å². The van der Waals surface area contributed by atoms with Gasteiger partial charge in [-0.05, 0) is 62.1 Å². The number of rotatable bonds is 8. The van der Waals surface area contributed by atoms with Crippen LogP contribution >= 0.6 is 0 Å². The van der Waals surface area contributed by atoms with Crippen LogP contribution in [-0.4, -0.2) is 41.4 Å². The van der Waals surface area contributed by atoms with Crippen molar-refractivity contribution in [3.63, 3.8) is 0 Å². The number of halogens is 1. The number of aromatic nitrogens is 2. The highest BCUT2D eigenvalue weighted by Crippen LogP contribution is 2.24. The Hall–Kier alpha value is -4.01. The fraction of sp³-hybridized carbons (Fsp3) is 0.333. The van der Waals surface area contributed by atoms with Gasteiger partial charge < -0.3 is 20.9 Å². The summed E-state index contributed by atoms with van der Waals surface area (Å²) < 4.78 is 14.2. The number of nitrogens with one attached hydrogen (secondary N) is 3. The zero-order valence-corrected chi connectivity index (χ0v) is 20.8. The van der Waals surface area contributed by atoms with Crippen molar-refractivity contribution in [2.24, 2.45) is 5.92 Å². The molecule has 0 bridgehead atoms. The second kappa shape index (κ2) is 11.2. The van der Waals surface area contributed by atoms with Gasteiger partial charge in [0.1, 0.15) is 11.6 Å². The van der Waals surface area contributed by atoms with Crippen LogP contribution < -0.4 is 20.9 Å². The molecular formula is C27H31FN6O2. The molecule has 0 spiro atoms. The van der Waals surface area contributed by atoms with Crippen molar-refractivity contribution in [3.05, 3.63) is 71.4 Å². The summed E-state index contributed by atoms with van der Waals surface area (Å²) in [5.41, 5.74) is 2.61. The predicted molar refractivity (Wildman–Crippen MR) is 140 cm³/mol. The van der Waals surface area contributed by atoms with E-state index in [1.54, 1.807) is 37.4 Å². The number of amides is 2. The van der Waals surface area contributed by atoms with Crippen LogP contribution in [0.3, 0.4) is 0 Å². The molecule has 1 aromatic carbocycles. The smallest absolute Gasteiger partial charge is 0.257 e. The molecule has 188 valence electrons. The zero-order valence-electron chi connectivity index (χ0n) is 20.8. The lowest BCUT2D eigenvalue weighted by Gasteiger charge is -2.18. The first-order chi connectivity index (χ1) is 17.3. The molecule has 1 aliphatic heterocycles. The van der Waals surface area contributed by atoms with E-state index < -0.39 is 11.7 Å². The molecule has 1 aliphatic rings. The van der Waals surface area contributed by atoms with Crippen LogP contribution in [0, 0.1) is 18.7 Å². The van der Waals surface area contributed by atoms with Crippen molar-refractivity contribution in [2.45, 2.75) is 33.6 Å². The van der Waals surface area contributed by atoms with Gasteiger partial charge in [0, 0.05) is 30.9 Å². The maximum Gasteiger partial charge on any atom is 0.257 e. The number of anilines is 4. The minimum Gasteiger partial charge on any atom is -0.371 e. The number of benzene rings is 1. The summed E-state index contributed by atoms with van der Waals surface area (Å²) in [4.78, 5) is 36.4. The van der Waals surface area contributed by atoms with Crippen LogP contribution in [0.15, 0.2) is 48.8 Å². The van der Waals surface area contributed by atoms with Gasteiger partial charge in [-0.15, -0.1) is 0 Å². The lowest BCUT2D eigenvalue weighted by atomic mass is 10.1. The SMILES string of the molecule is Cc1ncc(NC(=O)c2cc(F)cc(N3CCCC3)c2)cc1C(=O)Nc1ccc(NCC(C)C)nc1. The van der Waals surface area contributed by atoms with Gasteiger partial charge in [-0.2, -0.15) is 0 Å². The van der Waals surface area contributed by atoms with Crippen LogP contribution in [0.2, 0.25) is 0 Å². The van der Waals surface area contributed by atoms with E-state index in [2.05, 4.69) is 44.7 Å². The molecule has 0 unspecified atom stereocenters. The first-order valence-corrected chi connectivity index (χ1v) is 12.1. The minimum atomic E-state index is -0.472. The topological polar surface area (TPSA) is 99.2 Å². The summed E-state index contributed by atoms with van der Waals surface area (Å²) in [5.74, 6) is -0.0915. The molecular weight excluding hydrogens is 459 g/mol. The molecule has 0 radical (unpaired) electrons. The molecule has 0 saturated carbocycles. The lowest BCUT2D eigenvalue weighted by molar-refractivity contribution is 0.101. The largest absolute Gasteiger partial charge is 0.371 e. The van der Waals surface area contributed by atoms with Gasteiger partial charge in [0.15, 0.2) is 0 Å². The van der Waals surface area contributed by atoms with Crippen LogP contribution in [0.25, 0.3) is 0 Å². The van der Waals surface area contributed by atoms with Crippen LogP contribution in [-0.2, 0) is 0 Å². The summed E-state index contributed by atoms with van der Waals surface area (Å²) in [5, 5.41) is 8.77. The maximum atomic E-state index is 14.2. The second-order valence-corrected chi connectivity index (χ2v) is 9.36. The van der Waals surface area contributed by atoms with Crippen LogP contribution in [0.1, 0.15) is 53.1 Å². The minimum absolute atomic E-state index is 0.209. The summed E-state index contributed by atoms with van der Waals surface area (Å²) in [7, 11) is 0. The van der Waals surface area contributed by atoms with E-state index in [1.165, 1.54) is 18.3 Å². The average molecular weight is 491 g/mol. The van der Waals surface area contributed by atoms with Gasteiger partial charge >= 0.3 is 0 Å². The zero-order chi connectivity index (χ0) is 25.7. The Balaban J connectivity index is 1.45. The highest BCUT2D eigenvalue weighted by molar-refractivity contribution is 6.08. The summed E-state index contributed by atoms with van der Waals surface area (Å²) >= 11 is 0. The van der Waals surface area contributed by atoms with E-state index in [-0.39, 0.29) is 11.5 Å². The van der Waals surface area contributed by atoms with Gasteiger partial charge in [-0.1, -0.05) is 13.8 Å². The Bertz CT molecular complexity index is 1240. The van der Waals surface area contributed by atoms with E-state index >= 15 is 0 Å². The summed E-state index contributed by atoms with van der Waals surface area (Å²) in [6.07, 6.45) is 5.15. The Kier molecular flexibility index (Phi) is 7.77. The average Bonchev–Trinajstić information content (AvgIpc) is 3.39. The van der Waals surface area contributed by atoms with E-state index in [9.17, 15) is 14.0 Å². The van der Waals surface area contributed by atoms with Crippen molar-refractivity contribution >= 4 is 34.7 Å². The van der Waals surface area contributed by atoms with Gasteiger partial charge in [0.2, 0.25) is 0 Å². The normalized spacial score (nSPS) is 13.1. The number of pyridine rings is 2. The van der Waals surface area contributed by atoms with Gasteiger partial charge in [0.05, 0.1) is 35.0 Å². The third kappa shape index (κ3) is 6.35. The Morgan fingerprint density at radius 2 is 1.69 bits per heavy atom. The van der Waals surface area contributed by atoms with E-state index in [0.29, 0.717) is 34.2 Å². The van der Waals surface area contributed by atoms with Crippen molar-refractivity contribution in [1.29, 1.82) is 0 Å². The van der Waals surface area contributed by atoms with Crippen molar-refractivity contribution in [3.8, 4) is 0 Å². The molecule has 9 heteroatoms. The third-order valence-corrected chi connectivity index (χ3v) is 5.92. The summed E-state index contributed by atoms with van der Waals surface area (Å²) in [6, 6.07) is 9.46. The molecule has 2 amide bonds. The molecule has 0 atom stereocenters. The monoisotopic (exact) mass is 490 g/mol. The quantitative estimate of drug-likeness (QED) is 0.407. The molecule has 4 rings (SSSR count). The Morgan fingerprint density at radius 1 is 0.972 bits per heavy atom. The van der Waals surface area contributed by atoms with Crippen molar-refractivity contribution in [1.82, 2.24) is 9.97 Å². The lowest BCUT2D eigenvalue weighted by Crippen LogP contribution is -2.20. The molecule has 1 fully saturated rings. The highest BCUT2D eigenvalue weighted by atomic mass is 19.1. The van der Waals surface area contributed by atoms with Gasteiger partial charge in [-0.3, -0.25) is 14.6 Å². The van der Waals surface area contributed by atoms with Crippen molar-refractivity contribution in [2.75, 3.05) is 40.5 Å². The molecule has 0 aliphatic carbocycles. The standard InChI is InChI=1S/C27H31FN6O2/c1-17(2)14-30-25-7-6-21(15-31-25)32-27(36)24-13-22(16-29-18(24)3)33-26(35)19-10-20(28)12-23(11-19)34-8-4-5-9-34/h6-7,10-13,15-17H,4-5,8-9,14H2,1-3H3,(H,30,31)(H,32,36)(H,33,35). The number of carbonyl (C=O) groups is 2. The molecule has 2 aromatic heterocycles. The number of hydrogen-bond acceptors (Lipinski definition) is 6. The molecule has 3 N–H and O–H groups in total. The molecule has 3 heterocycles. The number of nitrogens with zero attached hydrogens (tertiary/aromatic N) is 3. The Morgan fingerprint density at radius 3 is 2.39 bits per heavy atom. The molecule has 3 aromatic rings. The molecule has 36 heavy (non-hydrogen) atoms. The fourth-order valence-corrected chi connectivity index (χ4v) is 3.98. The predicted octanol–water partition coefficient (Wildman–Crippen LogP) is 5.10. The second-order valence-electron chi connectivity index (χ2n) is 9.36. The molecule has 8 nitrogen and oxygen atoms in total. The van der Waals surface area contributed by atoms with Gasteiger partial charge in [-0.25, -0.2) is 9.37 Å². The first kappa shape index (κ1) is 25.1. The maximum absolute atomic E-state index is 14.2. The summed E-state index contributed by atoms with van der Waals surface area (Å²) in [6.45, 7) is 8.43.